The fraction of sp³-hybridized carbons (Fsp3) is 0.455. The van der Waals surface area contributed by atoms with Crippen LogP contribution in [0.15, 0.2) is 17.2 Å². The molecule has 0 aliphatic heterocycles. The zero-order valence-corrected chi connectivity index (χ0v) is 10.3. The van der Waals surface area contributed by atoms with E-state index in [0.717, 1.165) is 6.07 Å². The first-order valence-corrected chi connectivity index (χ1v) is 6.12. The topological polar surface area (TPSA) is 30.0 Å². The van der Waals surface area contributed by atoms with Gasteiger partial charge in [0.05, 0.1) is 5.56 Å². The van der Waals surface area contributed by atoms with Gasteiger partial charge in [-0.1, -0.05) is 13.8 Å². The maximum absolute atomic E-state index is 12.5. The lowest BCUT2D eigenvalue weighted by Gasteiger charge is -2.10. The number of aromatic nitrogens is 1. The van der Waals surface area contributed by atoms with Gasteiger partial charge in [0.25, 0.3) is 0 Å². The van der Waals surface area contributed by atoms with E-state index in [1.807, 2.05) is 6.92 Å². The Kier molecular flexibility index (Phi) is 4.56. The van der Waals surface area contributed by atoms with Crippen molar-refractivity contribution in [2.75, 3.05) is 5.75 Å². The number of carbonyl (C=O) groups is 1. The molecule has 0 bridgehead atoms. The number of halogens is 3. The summed E-state index contributed by atoms with van der Waals surface area (Å²) in [5.41, 5.74) is -0.687. The Morgan fingerprint density at radius 3 is 2.53 bits per heavy atom. The molecular weight excluding hydrogens is 251 g/mol. The van der Waals surface area contributed by atoms with E-state index >= 15 is 0 Å². The Labute approximate surface area is 102 Å². The molecule has 0 saturated heterocycles. The number of hydrogen-bond donors (Lipinski definition) is 0. The molecule has 0 radical (unpaired) electrons. The van der Waals surface area contributed by atoms with Crippen LogP contribution < -0.4 is 0 Å². The van der Waals surface area contributed by atoms with Crippen molar-refractivity contribution < 1.29 is 18.0 Å². The summed E-state index contributed by atoms with van der Waals surface area (Å²) >= 11 is 1.19. The Balaban J connectivity index is 3.21. The normalized spacial score (nSPS) is 11.6. The number of hydrogen-bond acceptors (Lipinski definition) is 3. The standard InChI is InChI=1S/C11H12F3NOS/c1-3-8(16)10-9(17-4-2)5-7(6-15-10)11(12,13)14/h5-6H,3-4H2,1-2H3. The van der Waals surface area contributed by atoms with Crippen molar-refractivity contribution in [1.82, 2.24) is 4.98 Å². The molecule has 0 amide bonds. The number of thioether (sulfide) groups is 1. The molecule has 1 heterocycles. The first-order valence-electron chi connectivity index (χ1n) is 5.13. The van der Waals surface area contributed by atoms with Gasteiger partial charge in [0, 0.05) is 17.5 Å². The highest BCUT2D eigenvalue weighted by Gasteiger charge is 2.32. The molecule has 6 heteroatoms. The van der Waals surface area contributed by atoms with Crippen molar-refractivity contribution >= 4 is 17.5 Å². The van der Waals surface area contributed by atoms with E-state index in [4.69, 9.17) is 0 Å². The first-order chi connectivity index (χ1) is 7.90. The van der Waals surface area contributed by atoms with Crippen LogP contribution in [0.25, 0.3) is 0 Å². The second-order valence-corrected chi connectivity index (χ2v) is 4.58. The van der Waals surface area contributed by atoms with Crippen LogP contribution in [0.5, 0.6) is 0 Å². The van der Waals surface area contributed by atoms with Crippen LogP contribution in [-0.4, -0.2) is 16.5 Å². The molecule has 0 atom stereocenters. The molecule has 0 saturated carbocycles. The van der Waals surface area contributed by atoms with Crippen molar-refractivity contribution in [3.63, 3.8) is 0 Å². The minimum absolute atomic E-state index is 0.132. The lowest BCUT2D eigenvalue weighted by atomic mass is 10.2. The average Bonchev–Trinajstić information content (AvgIpc) is 2.27. The highest BCUT2D eigenvalue weighted by atomic mass is 32.2. The van der Waals surface area contributed by atoms with Crippen LogP contribution in [0.3, 0.4) is 0 Å². The molecule has 0 N–H and O–H groups in total. The molecule has 0 aliphatic rings. The number of pyridine rings is 1. The molecule has 0 aromatic carbocycles. The first kappa shape index (κ1) is 14.0. The van der Waals surface area contributed by atoms with Gasteiger partial charge in [0.2, 0.25) is 0 Å². The molecular formula is C11H12F3NOS. The summed E-state index contributed by atoms with van der Waals surface area (Å²) in [6, 6.07) is 0.990. The highest BCUT2D eigenvalue weighted by Crippen LogP contribution is 2.32. The van der Waals surface area contributed by atoms with Crippen LogP contribution in [0.2, 0.25) is 0 Å². The lowest BCUT2D eigenvalue weighted by Crippen LogP contribution is -2.09. The zero-order chi connectivity index (χ0) is 13.1. The molecule has 0 unspecified atom stereocenters. The third kappa shape index (κ3) is 3.46. The monoisotopic (exact) mass is 263 g/mol. The van der Waals surface area contributed by atoms with E-state index < -0.39 is 11.7 Å². The van der Waals surface area contributed by atoms with Gasteiger partial charge in [-0.2, -0.15) is 13.2 Å². The molecule has 0 spiro atoms. The quantitative estimate of drug-likeness (QED) is 0.611. The summed E-state index contributed by atoms with van der Waals surface area (Å²) < 4.78 is 37.5. The molecule has 94 valence electrons. The van der Waals surface area contributed by atoms with Gasteiger partial charge in [-0.3, -0.25) is 9.78 Å². The van der Waals surface area contributed by atoms with Crippen molar-refractivity contribution in [2.24, 2.45) is 0 Å². The lowest BCUT2D eigenvalue weighted by molar-refractivity contribution is -0.138. The Hall–Kier alpha value is -1.04. The van der Waals surface area contributed by atoms with E-state index in [1.165, 1.54) is 11.8 Å². The minimum Gasteiger partial charge on any atom is -0.292 e. The summed E-state index contributed by atoms with van der Waals surface area (Å²) in [6.07, 6.45) is -3.48. The Morgan fingerprint density at radius 2 is 2.06 bits per heavy atom. The number of rotatable bonds is 4. The molecule has 2 nitrogen and oxygen atoms in total. The number of Topliss-reactive ketones (excluding diaryl/α,β-unsaturated/α-hetero) is 1. The zero-order valence-electron chi connectivity index (χ0n) is 9.47. The second kappa shape index (κ2) is 5.53. The summed E-state index contributed by atoms with van der Waals surface area (Å²) in [4.78, 5) is 15.5. The molecule has 0 aliphatic carbocycles. The van der Waals surface area contributed by atoms with E-state index in [0.29, 0.717) is 16.8 Å². The average molecular weight is 263 g/mol. The summed E-state index contributed by atoms with van der Waals surface area (Å²) in [5.74, 6) is 0.349. The summed E-state index contributed by atoms with van der Waals surface area (Å²) in [7, 11) is 0. The predicted molar refractivity (Wildman–Crippen MR) is 60.3 cm³/mol. The van der Waals surface area contributed by atoms with Gasteiger partial charge >= 0.3 is 6.18 Å². The van der Waals surface area contributed by atoms with Crippen molar-refractivity contribution in [1.29, 1.82) is 0 Å². The van der Waals surface area contributed by atoms with Crippen molar-refractivity contribution in [2.45, 2.75) is 31.3 Å². The highest BCUT2D eigenvalue weighted by molar-refractivity contribution is 7.99. The third-order valence-electron chi connectivity index (χ3n) is 2.07. The maximum atomic E-state index is 12.5. The number of alkyl halides is 3. The smallest absolute Gasteiger partial charge is 0.292 e. The van der Waals surface area contributed by atoms with Crippen LogP contribution in [0.1, 0.15) is 36.3 Å². The molecule has 17 heavy (non-hydrogen) atoms. The summed E-state index contributed by atoms with van der Waals surface area (Å²) in [5, 5.41) is 0. The van der Waals surface area contributed by atoms with Crippen molar-refractivity contribution in [3.8, 4) is 0 Å². The van der Waals surface area contributed by atoms with Crippen LogP contribution >= 0.6 is 11.8 Å². The van der Waals surface area contributed by atoms with Gasteiger partial charge in [-0.05, 0) is 11.8 Å². The Morgan fingerprint density at radius 1 is 1.41 bits per heavy atom. The van der Waals surface area contributed by atoms with Crippen LogP contribution in [-0.2, 0) is 6.18 Å². The minimum atomic E-state index is -4.43. The van der Waals surface area contributed by atoms with E-state index in [1.54, 1.807) is 6.92 Å². The Bertz CT molecular complexity index is 418. The SMILES string of the molecule is CCSc1cc(C(F)(F)F)cnc1C(=O)CC. The van der Waals surface area contributed by atoms with Gasteiger partial charge in [-0.25, -0.2) is 0 Å². The molecule has 0 fully saturated rings. The van der Waals surface area contributed by atoms with Gasteiger partial charge < -0.3 is 0 Å². The van der Waals surface area contributed by atoms with Crippen molar-refractivity contribution in [3.05, 3.63) is 23.5 Å². The van der Waals surface area contributed by atoms with Gasteiger partial charge in [0.15, 0.2) is 5.78 Å². The predicted octanol–water partition coefficient (Wildman–Crippen LogP) is 3.81. The van der Waals surface area contributed by atoms with Crippen LogP contribution in [0, 0.1) is 0 Å². The second-order valence-electron chi connectivity index (χ2n) is 3.28. The van der Waals surface area contributed by atoms with Gasteiger partial charge in [0.1, 0.15) is 5.69 Å². The van der Waals surface area contributed by atoms with Crippen LogP contribution in [0.4, 0.5) is 13.2 Å². The molecule has 1 aromatic rings. The molecule has 1 aromatic heterocycles. The number of nitrogens with zero attached hydrogens (tertiary/aromatic N) is 1. The largest absolute Gasteiger partial charge is 0.417 e. The van der Waals surface area contributed by atoms with Gasteiger partial charge in [-0.15, -0.1) is 11.8 Å². The van der Waals surface area contributed by atoms with E-state index in [9.17, 15) is 18.0 Å². The number of carbonyl (C=O) groups excluding carboxylic acids is 1. The van der Waals surface area contributed by atoms with E-state index in [2.05, 4.69) is 4.98 Å². The molecule has 1 rings (SSSR count). The third-order valence-corrected chi connectivity index (χ3v) is 2.98. The number of ketones is 1. The maximum Gasteiger partial charge on any atom is 0.417 e. The fourth-order valence-corrected chi connectivity index (χ4v) is 2.07. The van der Waals surface area contributed by atoms with E-state index in [-0.39, 0.29) is 17.9 Å². The summed E-state index contributed by atoms with van der Waals surface area (Å²) in [6.45, 7) is 3.47. The fourth-order valence-electron chi connectivity index (χ4n) is 1.24.